The van der Waals surface area contributed by atoms with Gasteiger partial charge < -0.3 is 25.5 Å². The van der Waals surface area contributed by atoms with Gasteiger partial charge in [0, 0.05) is 11.3 Å². The van der Waals surface area contributed by atoms with Crippen LogP contribution in [0.25, 0.3) is 0 Å². The van der Waals surface area contributed by atoms with E-state index in [9.17, 15) is 30.3 Å². The largest absolute Gasteiger partial charge is 0.390 e. The molecule has 194 valence electrons. The molecule has 4 aliphatic carbocycles. The fourth-order valence-corrected chi connectivity index (χ4v) is 8.40. The second-order valence-corrected chi connectivity index (χ2v) is 13.3. The Balaban J connectivity index is 1.68. The Hall–Kier alpha value is -0.790. The van der Waals surface area contributed by atoms with Gasteiger partial charge >= 0.3 is 0 Å². The molecule has 0 aliphatic heterocycles. The number of carbonyl (C=O) groups is 1. The van der Waals surface area contributed by atoms with Crippen molar-refractivity contribution in [2.75, 3.05) is 0 Å². The van der Waals surface area contributed by atoms with Gasteiger partial charge in [-0.05, 0) is 92.6 Å². The molecule has 6 heteroatoms. The van der Waals surface area contributed by atoms with Gasteiger partial charge in [0.2, 0.25) is 0 Å². The average molecular weight is 479 g/mol. The first-order valence-electron chi connectivity index (χ1n) is 13.3. The second kappa shape index (κ2) is 8.37. The zero-order valence-electron chi connectivity index (χ0n) is 21.8. The lowest BCUT2D eigenvalue weighted by atomic mass is 9.45. The molecule has 3 saturated carbocycles. The van der Waals surface area contributed by atoms with Crippen LogP contribution in [0.2, 0.25) is 0 Å². The lowest BCUT2D eigenvalue weighted by Gasteiger charge is -2.60. The number of carbonyl (C=O) groups excluding carboxylic acids is 1. The monoisotopic (exact) mass is 478 g/mol. The second-order valence-electron chi connectivity index (χ2n) is 13.3. The quantitative estimate of drug-likeness (QED) is 0.415. The summed E-state index contributed by atoms with van der Waals surface area (Å²) in [6, 6.07) is 0. The number of aliphatic hydroxyl groups excluding tert-OH is 3. The van der Waals surface area contributed by atoms with Crippen molar-refractivity contribution < 1.29 is 30.3 Å². The fraction of sp³-hybridized carbons (Fsp3) is 0.893. The van der Waals surface area contributed by atoms with Crippen LogP contribution >= 0.6 is 0 Å². The number of allylic oxidation sites excluding steroid dienone is 1. The first kappa shape index (κ1) is 26.3. The highest BCUT2D eigenvalue weighted by atomic mass is 16.3. The van der Waals surface area contributed by atoms with E-state index in [0.29, 0.717) is 38.0 Å². The highest BCUT2D eigenvalue weighted by Crippen LogP contribution is 2.68. The molecular formula is C28H46O6. The SMILES string of the molecule is CC(C)[C@@H](C)C[C@@H](O)[C@](C)(O)[C@@H]1CC[C@@]2(O)C3=CC(=O)[C@H]4C[C@@H](O)[C@@H](O)C[C@]4(C)[C@@H]3CC[C@]12C. The van der Waals surface area contributed by atoms with Crippen molar-refractivity contribution in [2.45, 2.75) is 116 Å². The van der Waals surface area contributed by atoms with Gasteiger partial charge in [0.1, 0.15) is 0 Å². The Morgan fingerprint density at radius 3 is 2.35 bits per heavy atom. The van der Waals surface area contributed by atoms with Crippen LogP contribution in [0.3, 0.4) is 0 Å². The summed E-state index contributed by atoms with van der Waals surface area (Å²) in [6.45, 7) is 12.1. The molecule has 0 aromatic rings. The van der Waals surface area contributed by atoms with Crippen molar-refractivity contribution in [3.05, 3.63) is 11.6 Å². The zero-order chi connectivity index (χ0) is 25.4. The van der Waals surface area contributed by atoms with E-state index in [4.69, 9.17) is 0 Å². The molecule has 0 aromatic heterocycles. The third kappa shape index (κ3) is 3.58. The van der Waals surface area contributed by atoms with E-state index in [2.05, 4.69) is 20.8 Å². The molecule has 0 unspecified atom stereocenters. The number of hydrogen-bond donors (Lipinski definition) is 5. The van der Waals surface area contributed by atoms with Crippen LogP contribution in [0.5, 0.6) is 0 Å². The van der Waals surface area contributed by atoms with Gasteiger partial charge in [0.15, 0.2) is 5.78 Å². The van der Waals surface area contributed by atoms with Crippen molar-refractivity contribution in [1.82, 2.24) is 0 Å². The number of fused-ring (bicyclic) bond motifs is 5. The van der Waals surface area contributed by atoms with E-state index in [1.165, 1.54) is 0 Å². The average Bonchev–Trinajstić information content (AvgIpc) is 3.02. The molecule has 0 heterocycles. The van der Waals surface area contributed by atoms with Crippen molar-refractivity contribution in [3.63, 3.8) is 0 Å². The highest BCUT2D eigenvalue weighted by molar-refractivity contribution is 5.95. The van der Waals surface area contributed by atoms with Crippen LogP contribution in [0.15, 0.2) is 11.6 Å². The minimum absolute atomic E-state index is 0.0509. The maximum absolute atomic E-state index is 13.3. The van der Waals surface area contributed by atoms with Crippen LogP contribution in [-0.4, -0.2) is 60.8 Å². The van der Waals surface area contributed by atoms with Gasteiger partial charge in [0.25, 0.3) is 0 Å². The maximum Gasteiger partial charge on any atom is 0.159 e. The summed E-state index contributed by atoms with van der Waals surface area (Å²) >= 11 is 0. The van der Waals surface area contributed by atoms with Gasteiger partial charge in [-0.1, -0.05) is 34.6 Å². The topological polar surface area (TPSA) is 118 Å². The first-order valence-corrected chi connectivity index (χ1v) is 13.3. The van der Waals surface area contributed by atoms with Gasteiger partial charge in [0.05, 0.1) is 29.5 Å². The minimum Gasteiger partial charge on any atom is -0.390 e. The number of ketones is 1. The van der Waals surface area contributed by atoms with Crippen LogP contribution < -0.4 is 0 Å². The van der Waals surface area contributed by atoms with E-state index in [-0.39, 0.29) is 35.9 Å². The molecule has 11 atom stereocenters. The summed E-state index contributed by atoms with van der Waals surface area (Å²) in [7, 11) is 0. The summed E-state index contributed by atoms with van der Waals surface area (Å²) in [5, 5.41) is 55.8. The molecule has 0 saturated heterocycles. The van der Waals surface area contributed by atoms with E-state index in [1.54, 1.807) is 13.0 Å². The summed E-state index contributed by atoms with van der Waals surface area (Å²) in [5.74, 6) is -0.126. The molecule has 0 aromatic carbocycles. The molecule has 0 amide bonds. The highest BCUT2D eigenvalue weighted by Gasteiger charge is 2.69. The Morgan fingerprint density at radius 1 is 1.09 bits per heavy atom. The molecule has 6 nitrogen and oxygen atoms in total. The Morgan fingerprint density at radius 2 is 1.74 bits per heavy atom. The van der Waals surface area contributed by atoms with Crippen molar-refractivity contribution in [1.29, 1.82) is 0 Å². The van der Waals surface area contributed by atoms with Crippen LogP contribution in [0, 0.1) is 40.4 Å². The first-order chi connectivity index (χ1) is 15.6. The number of hydrogen-bond acceptors (Lipinski definition) is 6. The van der Waals surface area contributed by atoms with Gasteiger partial charge in [-0.25, -0.2) is 0 Å². The van der Waals surface area contributed by atoms with Crippen molar-refractivity contribution in [2.24, 2.45) is 40.4 Å². The van der Waals surface area contributed by atoms with Crippen LogP contribution in [0.4, 0.5) is 0 Å². The predicted octanol–water partition coefficient (Wildman–Crippen LogP) is 2.99. The molecule has 34 heavy (non-hydrogen) atoms. The Kier molecular flexibility index (Phi) is 6.47. The van der Waals surface area contributed by atoms with E-state index in [0.717, 1.165) is 12.0 Å². The van der Waals surface area contributed by atoms with Gasteiger partial charge in [-0.15, -0.1) is 0 Å². The summed E-state index contributed by atoms with van der Waals surface area (Å²) in [6.07, 6.45) is 2.51. The standard InChI is InChI=1S/C28H46O6/c1-15(2)16(3)11-24(32)27(6,33)23-8-10-28(34)18-12-20(29)19-13-21(30)22(31)14-25(19,4)17(18)7-9-26(23,28)5/h12,15-17,19,21-24,30-34H,7-11,13-14H2,1-6H3/t16-,17+,19+,21+,22-,23+,24+,25+,26+,27+,28+/m0/s1. The molecule has 3 fully saturated rings. The normalized spacial score (nSPS) is 47.8. The fourth-order valence-electron chi connectivity index (χ4n) is 8.40. The van der Waals surface area contributed by atoms with Crippen LogP contribution in [-0.2, 0) is 4.79 Å². The number of aliphatic hydroxyl groups is 5. The summed E-state index contributed by atoms with van der Waals surface area (Å²) in [5.41, 5.74) is -3.03. The maximum atomic E-state index is 13.3. The van der Waals surface area contributed by atoms with E-state index >= 15 is 0 Å². The molecule has 4 aliphatic rings. The van der Waals surface area contributed by atoms with E-state index < -0.39 is 40.3 Å². The molecule has 4 rings (SSSR count). The van der Waals surface area contributed by atoms with Crippen LogP contribution in [0.1, 0.15) is 86.5 Å². The predicted molar refractivity (Wildman–Crippen MR) is 130 cm³/mol. The number of rotatable bonds is 5. The third-order valence-corrected chi connectivity index (χ3v) is 11.2. The summed E-state index contributed by atoms with van der Waals surface area (Å²) < 4.78 is 0. The summed E-state index contributed by atoms with van der Waals surface area (Å²) in [4.78, 5) is 13.3. The van der Waals surface area contributed by atoms with Crippen molar-refractivity contribution in [3.8, 4) is 0 Å². The zero-order valence-corrected chi connectivity index (χ0v) is 21.8. The molecule has 0 spiro atoms. The molecule has 0 bridgehead atoms. The molecular weight excluding hydrogens is 432 g/mol. The minimum atomic E-state index is -1.36. The smallest absolute Gasteiger partial charge is 0.159 e. The molecule has 5 N–H and O–H groups in total. The third-order valence-electron chi connectivity index (χ3n) is 11.2. The van der Waals surface area contributed by atoms with Crippen molar-refractivity contribution >= 4 is 5.78 Å². The van der Waals surface area contributed by atoms with E-state index in [1.807, 2.05) is 13.8 Å². The van der Waals surface area contributed by atoms with Gasteiger partial charge in [-0.3, -0.25) is 4.79 Å². The lowest BCUT2D eigenvalue weighted by molar-refractivity contribution is -0.177. The van der Waals surface area contributed by atoms with Gasteiger partial charge in [-0.2, -0.15) is 0 Å². The molecule has 0 radical (unpaired) electrons. The lowest BCUT2D eigenvalue weighted by Crippen LogP contribution is -2.62. The Labute approximate surface area is 204 Å². The Bertz CT molecular complexity index is 850.